The minimum absolute atomic E-state index is 0.0140. The van der Waals surface area contributed by atoms with Gasteiger partial charge in [0.15, 0.2) is 0 Å². The number of hydrogen-bond donors (Lipinski definition) is 1. The van der Waals surface area contributed by atoms with Crippen molar-refractivity contribution in [1.29, 1.82) is 0 Å². The largest absolute Gasteiger partial charge is 0.374 e. The van der Waals surface area contributed by atoms with Gasteiger partial charge in [-0.25, -0.2) is 0 Å². The van der Waals surface area contributed by atoms with Crippen molar-refractivity contribution in [3.8, 4) is 0 Å². The molecule has 0 amide bonds. The second-order valence-electron chi connectivity index (χ2n) is 14.7. The lowest BCUT2D eigenvalue weighted by atomic mass is 10.0. The number of ether oxygens (including phenoxy) is 2. The van der Waals surface area contributed by atoms with E-state index >= 15 is 0 Å². The molecule has 2 N–H and O–H groups in total. The van der Waals surface area contributed by atoms with Crippen LogP contribution in [0.2, 0.25) is 0 Å². The molecule has 3 heteroatoms. The van der Waals surface area contributed by atoms with Crippen molar-refractivity contribution in [3.63, 3.8) is 0 Å². The molecule has 0 saturated carbocycles. The van der Waals surface area contributed by atoms with Gasteiger partial charge in [0.1, 0.15) is 0 Å². The van der Waals surface area contributed by atoms with E-state index in [1.54, 1.807) is 0 Å². The first-order chi connectivity index (χ1) is 21.6. The van der Waals surface area contributed by atoms with Crippen molar-refractivity contribution >= 4 is 0 Å². The van der Waals surface area contributed by atoms with E-state index in [2.05, 4.69) is 27.7 Å². The fraction of sp³-hybridized carbons (Fsp3) is 1.00. The Morgan fingerprint density at radius 3 is 0.909 bits per heavy atom. The summed E-state index contributed by atoms with van der Waals surface area (Å²) in [5, 5.41) is 0. The zero-order valence-electron chi connectivity index (χ0n) is 31.2. The van der Waals surface area contributed by atoms with Crippen LogP contribution in [0, 0.1) is 0 Å². The molecule has 0 aliphatic carbocycles. The predicted octanol–water partition coefficient (Wildman–Crippen LogP) is 13.6. The van der Waals surface area contributed by atoms with Crippen LogP contribution in [0.5, 0.6) is 0 Å². The molecule has 266 valence electrons. The summed E-state index contributed by atoms with van der Waals surface area (Å²) < 4.78 is 12.5. The molecule has 0 spiro atoms. The Labute approximate surface area is 279 Å². The van der Waals surface area contributed by atoms with E-state index in [1.165, 1.54) is 193 Å². The van der Waals surface area contributed by atoms with Crippen LogP contribution in [0.4, 0.5) is 0 Å². The molecule has 1 unspecified atom stereocenters. The standard InChI is InChI=1S/C41H85NO2/c1-5-7-9-11-13-15-17-19-21-23-25-27-29-31-33-35-37-43-40(39-42)41(3,4)44-38-36-34-32-30-28-26-24-22-20-18-16-14-12-10-8-6-2/h40H,5-39,42H2,1-4H3. The molecule has 0 aromatic carbocycles. The molecule has 0 aliphatic heterocycles. The van der Waals surface area contributed by atoms with Gasteiger partial charge in [0.05, 0.1) is 11.7 Å². The SMILES string of the molecule is CCCCCCCCCCCCCCCCCCOC(CN)C(C)(C)OCCCCCCCCCCCCCCCCCC. The van der Waals surface area contributed by atoms with E-state index in [9.17, 15) is 0 Å². The fourth-order valence-corrected chi connectivity index (χ4v) is 6.51. The molecule has 0 radical (unpaired) electrons. The Hall–Kier alpha value is -0.120. The number of unbranched alkanes of at least 4 members (excludes halogenated alkanes) is 30. The lowest BCUT2D eigenvalue weighted by Crippen LogP contribution is -2.46. The number of nitrogens with two attached hydrogens (primary N) is 1. The van der Waals surface area contributed by atoms with Gasteiger partial charge in [-0.2, -0.15) is 0 Å². The minimum Gasteiger partial charge on any atom is -0.374 e. The van der Waals surface area contributed by atoms with E-state index in [1.807, 2.05) is 0 Å². The maximum absolute atomic E-state index is 6.28. The molecule has 0 aromatic heterocycles. The Morgan fingerprint density at radius 2 is 0.636 bits per heavy atom. The Bertz CT molecular complexity index is 523. The molecule has 44 heavy (non-hydrogen) atoms. The van der Waals surface area contributed by atoms with E-state index in [4.69, 9.17) is 15.2 Å². The third-order valence-corrected chi connectivity index (χ3v) is 9.78. The normalized spacial score (nSPS) is 12.8. The van der Waals surface area contributed by atoms with Crippen molar-refractivity contribution in [2.75, 3.05) is 19.8 Å². The maximum atomic E-state index is 6.28. The van der Waals surface area contributed by atoms with Crippen LogP contribution >= 0.6 is 0 Å². The lowest BCUT2D eigenvalue weighted by Gasteiger charge is -2.33. The van der Waals surface area contributed by atoms with E-state index in [-0.39, 0.29) is 11.7 Å². The molecule has 0 fully saturated rings. The first-order valence-electron chi connectivity index (χ1n) is 20.5. The fourth-order valence-electron chi connectivity index (χ4n) is 6.51. The average Bonchev–Trinajstić information content (AvgIpc) is 3.02. The molecule has 0 saturated heterocycles. The number of hydrogen-bond acceptors (Lipinski definition) is 3. The third kappa shape index (κ3) is 31.8. The maximum Gasteiger partial charge on any atom is 0.0980 e. The van der Waals surface area contributed by atoms with Gasteiger partial charge in [-0.05, 0) is 26.7 Å². The van der Waals surface area contributed by atoms with Crippen LogP contribution in [0.15, 0.2) is 0 Å². The van der Waals surface area contributed by atoms with Crippen LogP contribution < -0.4 is 5.73 Å². The molecular weight excluding hydrogens is 538 g/mol. The van der Waals surface area contributed by atoms with Crippen LogP contribution in [-0.4, -0.2) is 31.5 Å². The second-order valence-corrected chi connectivity index (χ2v) is 14.7. The van der Waals surface area contributed by atoms with Crippen molar-refractivity contribution in [1.82, 2.24) is 0 Å². The highest BCUT2D eigenvalue weighted by molar-refractivity contribution is 4.81. The molecule has 0 aromatic rings. The van der Waals surface area contributed by atoms with Gasteiger partial charge >= 0.3 is 0 Å². The van der Waals surface area contributed by atoms with Crippen LogP contribution in [0.3, 0.4) is 0 Å². The predicted molar refractivity (Wildman–Crippen MR) is 198 cm³/mol. The summed E-state index contributed by atoms with van der Waals surface area (Å²) in [6.45, 7) is 11.1. The average molecular weight is 624 g/mol. The molecule has 1 atom stereocenters. The second kappa shape index (κ2) is 35.7. The smallest absolute Gasteiger partial charge is 0.0980 e. The Balaban J connectivity index is 3.49. The van der Waals surface area contributed by atoms with Crippen molar-refractivity contribution < 1.29 is 9.47 Å². The molecular formula is C41H85NO2. The van der Waals surface area contributed by atoms with Gasteiger partial charge in [-0.3, -0.25) is 0 Å². The highest BCUT2D eigenvalue weighted by Crippen LogP contribution is 2.20. The van der Waals surface area contributed by atoms with Gasteiger partial charge in [-0.1, -0.05) is 206 Å². The van der Waals surface area contributed by atoms with Gasteiger partial charge in [0.2, 0.25) is 0 Å². The Morgan fingerprint density at radius 1 is 0.386 bits per heavy atom. The summed E-state index contributed by atoms with van der Waals surface area (Å²) >= 11 is 0. The van der Waals surface area contributed by atoms with E-state index < -0.39 is 0 Å². The minimum atomic E-state index is -0.306. The summed E-state index contributed by atoms with van der Waals surface area (Å²) in [4.78, 5) is 0. The highest BCUT2D eigenvalue weighted by atomic mass is 16.5. The van der Waals surface area contributed by atoms with Gasteiger partial charge in [-0.15, -0.1) is 0 Å². The molecule has 0 bridgehead atoms. The Kier molecular flexibility index (Phi) is 35.6. The third-order valence-electron chi connectivity index (χ3n) is 9.78. The van der Waals surface area contributed by atoms with Crippen LogP contribution in [0.25, 0.3) is 0 Å². The molecule has 0 heterocycles. The highest BCUT2D eigenvalue weighted by Gasteiger charge is 2.30. The van der Waals surface area contributed by atoms with Crippen molar-refractivity contribution in [3.05, 3.63) is 0 Å². The lowest BCUT2D eigenvalue weighted by molar-refractivity contribution is -0.124. The van der Waals surface area contributed by atoms with E-state index in [0.29, 0.717) is 6.54 Å². The summed E-state index contributed by atoms with van der Waals surface area (Å²) in [6, 6.07) is 0. The van der Waals surface area contributed by atoms with Gasteiger partial charge < -0.3 is 15.2 Å². The summed E-state index contributed by atoms with van der Waals surface area (Å²) in [7, 11) is 0. The topological polar surface area (TPSA) is 44.5 Å². The van der Waals surface area contributed by atoms with Gasteiger partial charge in [0, 0.05) is 19.8 Å². The summed E-state index contributed by atoms with van der Waals surface area (Å²) in [6.07, 6.45) is 44.7. The summed E-state index contributed by atoms with van der Waals surface area (Å²) in [5.74, 6) is 0. The molecule has 0 rings (SSSR count). The summed E-state index contributed by atoms with van der Waals surface area (Å²) in [5.41, 5.74) is 5.79. The number of rotatable bonds is 38. The first kappa shape index (κ1) is 43.9. The van der Waals surface area contributed by atoms with Crippen molar-refractivity contribution in [2.45, 2.75) is 245 Å². The first-order valence-corrected chi connectivity index (χ1v) is 20.5. The van der Waals surface area contributed by atoms with E-state index in [0.717, 1.165) is 26.1 Å². The molecule has 3 nitrogen and oxygen atoms in total. The van der Waals surface area contributed by atoms with Crippen LogP contribution in [-0.2, 0) is 9.47 Å². The van der Waals surface area contributed by atoms with Crippen LogP contribution in [0.1, 0.15) is 233 Å². The van der Waals surface area contributed by atoms with Crippen molar-refractivity contribution in [2.24, 2.45) is 5.73 Å². The van der Waals surface area contributed by atoms with Gasteiger partial charge in [0.25, 0.3) is 0 Å². The quantitative estimate of drug-likeness (QED) is 0.0696. The zero-order valence-corrected chi connectivity index (χ0v) is 31.2. The monoisotopic (exact) mass is 624 g/mol. The zero-order chi connectivity index (χ0) is 32.2. The molecule has 0 aliphatic rings.